The van der Waals surface area contributed by atoms with E-state index in [0.717, 1.165) is 17.9 Å². The average Bonchev–Trinajstić information content (AvgIpc) is 2.47. The number of benzene rings is 1. The topological polar surface area (TPSA) is 56.8 Å². The fourth-order valence-electron chi connectivity index (χ4n) is 1.84. The number of carbonyl (C=O) groups is 1. The molecule has 118 valence electrons. The first-order valence-electron chi connectivity index (χ1n) is 7.10. The minimum atomic E-state index is -0.646. The smallest absolute Gasteiger partial charge is 0.346 e. The van der Waals surface area contributed by atoms with Crippen LogP contribution in [0.15, 0.2) is 18.2 Å². The number of ether oxygens (including phenoxy) is 3. The highest BCUT2D eigenvalue weighted by atomic mass is 16.6. The maximum absolute atomic E-state index is 11.5. The highest BCUT2D eigenvalue weighted by Gasteiger charge is 2.17. The normalized spacial score (nSPS) is 12.1. The van der Waals surface area contributed by atoms with Gasteiger partial charge in [-0.3, -0.25) is 0 Å². The second-order valence-corrected chi connectivity index (χ2v) is 5.28. The molecule has 0 aliphatic rings. The molecule has 0 spiro atoms. The Balaban J connectivity index is 2.83. The molecule has 1 atom stereocenters. The molecule has 5 nitrogen and oxygen atoms in total. The maximum Gasteiger partial charge on any atom is 0.346 e. The van der Waals surface area contributed by atoms with Crippen LogP contribution in [-0.2, 0) is 16.1 Å². The quantitative estimate of drug-likeness (QED) is 0.746. The Morgan fingerprint density at radius 3 is 2.52 bits per heavy atom. The van der Waals surface area contributed by atoms with Gasteiger partial charge in [0.1, 0.15) is 11.5 Å². The monoisotopic (exact) mass is 295 g/mol. The summed E-state index contributed by atoms with van der Waals surface area (Å²) in [4.78, 5) is 11.5. The Labute approximate surface area is 126 Å². The van der Waals surface area contributed by atoms with Gasteiger partial charge in [0.05, 0.1) is 14.2 Å². The first kappa shape index (κ1) is 17.3. The fourth-order valence-corrected chi connectivity index (χ4v) is 1.84. The van der Waals surface area contributed by atoms with Crippen molar-refractivity contribution in [3.8, 4) is 11.5 Å². The van der Waals surface area contributed by atoms with Crippen LogP contribution in [0.1, 0.15) is 26.3 Å². The number of carbonyl (C=O) groups excluding carboxylic acids is 1. The number of hydrogen-bond donors (Lipinski definition) is 1. The van der Waals surface area contributed by atoms with Gasteiger partial charge >= 0.3 is 5.97 Å². The molecule has 1 N–H and O–H groups in total. The molecule has 0 amide bonds. The van der Waals surface area contributed by atoms with E-state index in [0.29, 0.717) is 18.2 Å². The van der Waals surface area contributed by atoms with E-state index in [-0.39, 0.29) is 0 Å². The number of esters is 1. The summed E-state index contributed by atoms with van der Waals surface area (Å²) in [5.74, 6) is 1.58. The van der Waals surface area contributed by atoms with Gasteiger partial charge in [0, 0.05) is 12.1 Å². The van der Waals surface area contributed by atoms with Gasteiger partial charge in [0.25, 0.3) is 0 Å². The first-order chi connectivity index (χ1) is 9.97. The highest BCUT2D eigenvalue weighted by molar-refractivity contribution is 5.74. The molecule has 0 bridgehead atoms. The van der Waals surface area contributed by atoms with Crippen molar-refractivity contribution in [1.29, 1.82) is 0 Å². The lowest BCUT2D eigenvalue weighted by Crippen LogP contribution is -2.26. The standard InChI is InChI=1S/C16H25NO4/c1-11(2)9-17-10-13-8-14(19-4)6-7-15(13)21-12(3)16(18)20-5/h6-8,11-12,17H,9-10H2,1-5H3. The average molecular weight is 295 g/mol. The van der Waals surface area contributed by atoms with Crippen molar-refractivity contribution in [1.82, 2.24) is 5.32 Å². The molecule has 1 rings (SSSR count). The molecular formula is C16H25NO4. The zero-order valence-corrected chi connectivity index (χ0v) is 13.4. The third kappa shape index (κ3) is 5.63. The molecule has 1 aromatic rings. The molecule has 21 heavy (non-hydrogen) atoms. The second-order valence-electron chi connectivity index (χ2n) is 5.28. The fraction of sp³-hybridized carbons (Fsp3) is 0.562. The summed E-state index contributed by atoms with van der Waals surface area (Å²) in [5, 5.41) is 3.36. The van der Waals surface area contributed by atoms with Crippen molar-refractivity contribution >= 4 is 5.97 Å². The van der Waals surface area contributed by atoms with Crippen molar-refractivity contribution in [2.24, 2.45) is 5.92 Å². The molecule has 0 saturated carbocycles. The third-order valence-electron chi connectivity index (χ3n) is 2.97. The second kappa shape index (κ2) is 8.52. The van der Waals surface area contributed by atoms with Crippen molar-refractivity contribution in [3.05, 3.63) is 23.8 Å². The van der Waals surface area contributed by atoms with Gasteiger partial charge in [0.2, 0.25) is 0 Å². The van der Waals surface area contributed by atoms with E-state index in [9.17, 15) is 4.79 Å². The Hall–Kier alpha value is -1.75. The molecule has 0 aromatic heterocycles. The lowest BCUT2D eigenvalue weighted by Gasteiger charge is -2.17. The molecule has 0 radical (unpaired) electrons. The minimum Gasteiger partial charge on any atom is -0.497 e. The van der Waals surface area contributed by atoms with Gasteiger partial charge in [-0.2, -0.15) is 0 Å². The molecule has 1 unspecified atom stereocenters. The SMILES string of the molecule is COC(=O)C(C)Oc1ccc(OC)cc1CNCC(C)C. The highest BCUT2D eigenvalue weighted by Crippen LogP contribution is 2.25. The predicted octanol–water partition coefficient (Wildman–Crippen LogP) is 2.38. The van der Waals surface area contributed by atoms with E-state index in [2.05, 4.69) is 23.9 Å². The summed E-state index contributed by atoms with van der Waals surface area (Å²) in [6.45, 7) is 7.52. The molecule has 0 heterocycles. The summed E-state index contributed by atoms with van der Waals surface area (Å²) < 4.78 is 15.6. The van der Waals surface area contributed by atoms with Gasteiger partial charge in [0.15, 0.2) is 6.10 Å². The van der Waals surface area contributed by atoms with Gasteiger partial charge in [-0.25, -0.2) is 4.79 Å². The van der Waals surface area contributed by atoms with Crippen LogP contribution < -0.4 is 14.8 Å². The van der Waals surface area contributed by atoms with Gasteiger partial charge in [-0.1, -0.05) is 13.8 Å². The summed E-state index contributed by atoms with van der Waals surface area (Å²) >= 11 is 0. The Morgan fingerprint density at radius 1 is 1.24 bits per heavy atom. The van der Waals surface area contributed by atoms with E-state index in [1.54, 1.807) is 14.0 Å². The predicted molar refractivity (Wildman–Crippen MR) is 81.6 cm³/mol. The zero-order chi connectivity index (χ0) is 15.8. The maximum atomic E-state index is 11.5. The van der Waals surface area contributed by atoms with Crippen LogP contribution in [0.25, 0.3) is 0 Å². The van der Waals surface area contributed by atoms with Crippen LogP contribution in [0.3, 0.4) is 0 Å². The minimum absolute atomic E-state index is 0.396. The van der Waals surface area contributed by atoms with Crippen molar-refractivity contribution in [2.45, 2.75) is 33.4 Å². The molecule has 5 heteroatoms. The molecule has 0 saturated heterocycles. The number of rotatable bonds is 8. The molecule has 1 aromatic carbocycles. The third-order valence-corrected chi connectivity index (χ3v) is 2.97. The van der Waals surface area contributed by atoms with Gasteiger partial charge in [-0.15, -0.1) is 0 Å². The Morgan fingerprint density at radius 2 is 1.95 bits per heavy atom. The first-order valence-corrected chi connectivity index (χ1v) is 7.10. The van der Waals surface area contributed by atoms with Crippen LogP contribution in [-0.4, -0.2) is 32.8 Å². The Kier molecular flexibility index (Phi) is 7.02. The Bertz CT molecular complexity index is 460. The lowest BCUT2D eigenvalue weighted by atomic mass is 10.1. The van der Waals surface area contributed by atoms with Crippen molar-refractivity contribution < 1.29 is 19.0 Å². The molecule has 0 fully saturated rings. The summed E-state index contributed by atoms with van der Waals surface area (Å²) in [5.41, 5.74) is 0.950. The number of nitrogens with one attached hydrogen (secondary N) is 1. The van der Waals surface area contributed by atoms with Crippen LogP contribution in [0.2, 0.25) is 0 Å². The molecule has 0 aliphatic carbocycles. The van der Waals surface area contributed by atoms with E-state index in [1.165, 1.54) is 7.11 Å². The zero-order valence-electron chi connectivity index (χ0n) is 13.4. The molecule has 0 aliphatic heterocycles. The largest absolute Gasteiger partial charge is 0.497 e. The summed E-state index contributed by atoms with van der Waals surface area (Å²) in [7, 11) is 2.97. The van der Waals surface area contributed by atoms with Crippen LogP contribution in [0.4, 0.5) is 0 Å². The van der Waals surface area contributed by atoms with E-state index in [1.807, 2.05) is 18.2 Å². The van der Waals surface area contributed by atoms with E-state index < -0.39 is 12.1 Å². The summed E-state index contributed by atoms with van der Waals surface area (Å²) in [6, 6.07) is 5.53. The van der Waals surface area contributed by atoms with Crippen LogP contribution in [0, 0.1) is 5.92 Å². The van der Waals surface area contributed by atoms with Gasteiger partial charge in [-0.05, 0) is 37.6 Å². The van der Waals surface area contributed by atoms with Crippen molar-refractivity contribution in [2.75, 3.05) is 20.8 Å². The van der Waals surface area contributed by atoms with Crippen molar-refractivity contribution in [3.63, 3.8) is 0 Å². The summed E-state index contributed by atoms with van der Waals surface area (Å²) in [6.07, 6.45) is -0.646. The van der Waals surface area contributed by atoms with Gasteiger partial charge < -0.3 is 19.5 Å². The van der Waals surface area contributed by atoms with Crippen LogP contribution in [0.5, 0.6) is 11.5 Å². The van der Waals surface area contributed by atoms with E-state index in [4.69, 9.17) is 9.47 Å². The van der Waals surface area contributed by atoms with E-state index >= 15 is 0 Å². The lowest BCUT2D eigenvalue weighted by molar-refractivity contribution is -0.147. The number of hydrogen-bond acceptors (Lipinski definition) is 5. The van der Waals surface area contributed by atoms with Crippen LogP contribution >= 0.6 is 0 Å². The number of methoxy groups -OCH3 is 2. The molecular weight excluding hydrogens is 270 g/mol.